The number of ether oxygens (including phenoxy) is 1. The molecule has 0 aliphatic rings. The molecule has 1 N–H and O–H groups in total. The summed E-state index contributed by atoms with van der Waals surface area (Å²) in [6.45, 7) is 1.74. The number of hydrogen-bond acceptors (Lipinski definition) is 3. The average Bonchev–Trinajstić information content (AvgIpc) is 2.42. The zero-order valence-electron chi connectivity index (χ0n) is 10.6. The van der Waals surface area contributed by atoms with Crippen LogP contribution in [0.3, 0.4) is 0 Å². The van der Waals surface area contributed by atoms with Crippen molar-refractivity contribution < 1.29 is 14.6 Å². The maximum Gasteiger partial charge on any atom is 0.339 e. The van der Waals surface area contributed by atoms with Gasteiger partial charge in [-0.05, 0) is 36.8 Å². The van der Waals surface area contributed by atoms with Crippen LogP contribution in [0.2, 0.25) is 5.02 Å². The number of aryl methyl sites for hydroxylation is 1. The van der Waals surface area contributed by atoms with Crippen LogP contribution in [-0.4, -0.2) is 11.1 Å². The highest BCUT2D eigenvalue weighted by Crippen LogP contribution is 2.32. The highest BCUT2D eigenvalue weighted by atomic mass is 35.5. The second-order valence-electron chi connectivity index (χ2n) is 4.11. The molecule has 0 spiro atoms. The van der Waals surface area contributed by atoms with Crippen molar-refractivity contribution in [1.82, 2.24) is 0 Å². The summed E-state index contributed by atoms with van der Waals surface area (Å²) in [5.41, 5.74) is 0.963. The average molecular weight is 288 g/mol. The number of rotatable bonds is 3. The lowest BCUT2D eigenvalue weighted by atomic mass is 10.1. The number of para-hydroxylation sites is 1. The molecule has 0 radical (unpaired) electrons. The fourth-order valence-corrected chi connectivity index (χ4v) is 1.92. The third-order valence-corrected chi connectivity index (χ3v) is 2.95. The molecule has 0 fully saturated rings. The summed E-state index contributed by atoms with van der Waals surface area (Å²) in [6.07, 6.45) is 0. The van der Waals surface area contributed by atoms with Crippen LogP contribution in [0.4, 0.5) is 0 Å². The quantitative estimate of drug-likeness (QED) is 0.926. The molecule has 0 atom stereocenters. The van der Waals surface area contributed by atoms with Crippen LogP contribution in [-0.2, 0) is 0 Å². The summed E-state index contributed by atoms with van der Waals surface area (Å²) in [4.78, 5) is 11.2. The van der Waals surface area contributed by atoms with Gasteiger partial charge in [-0.2, -0.15) is 5.26 Å². The van der Waals surface area contributed by atoms with Gasteiger partial charge in [0, 0.05) is 5.02 Å². The van der Waals surface area contributed by atoms with E-state index >= 15 is 0 Å². The van der Waals surface area contributed by atoms with Crippen LogP contribution < -0.4 is 4.74 Å². The molecule has 0 aliphatic heterocycles. The van der Waals surface area contributed by atoms with Gasteiger partial charge in [-0.15, -0.1) is 0 Å². The lowest BCUT2D eigenvalue weighted by Crippen LogP contribution is -2.02. The first-order valence-corrected chi connectivity index (χ1v) is 6.11. The van der Waals surface area contributed by atoms with Gasteiger partial charge < -0.3 is 9.84 Å². The van der Waals surface area contributed by atoms with E-state index in [1.807, 2.05) is 6.07 Å². The number of aromatic carboxylic acids is 1. The van der Waals surface area contributed by atoms with Crippen molar-refractivity contribution in [3.8, 4) is 17.6 Å². The van der Waals surface area contributed by atoms with E-state index in [2.05, 4.69) is 0 Å². The number of carboxylic acid groups (broad SMARTS) is 1. The van der Waals surface area contributed by atoms with E-state index < -0.39 is 5.97 Å². The fraction of sp³-hybridized carbons (Fsp3) is 0.0667. The lowest BCUT2D eigenvalue weighted by Gasteiger charge is -2.12. The standard InChI is InChI=1S/C15H10ClNO3/c1-9-3-2-4-12(15(18)19)14(9)20-13-6-5-11(16)7-10(13)8-17/h2-7H,1H3,(H,18,19). The fourth-order valence-electron chi connectivity index (χ4n) is 1.74. The van der Waals surface area contributed by atoms with Gasteiger partial charge in [-0.25, -0.2) is 4.79 Å². The molecule has 2 aromatic carbocycles. The minimum atomic E-state index is -1.09. The first-order chi connectivity index (χ1) is 9.52. The smallest absolute Gasteiger partial charge is 0.339 e. The van der Waals surface area contributed by atoms with Gasteiger partial charge in [0.1, 0.15) is 23.1 Å². The normalized spacial score (nSPS) is 9.85. The number of hydrogen-bond donors (Lipinski definition) is 1. The van der Waals surface area contributed by atoms with Crippen LogP contribution >= 0.6 is 11.6 Å². The molecular weight excluding hydrogens is 278 g/mol. The van der Waals surface area contributed by atoms with E-state index in [4.69, 9.17) is 21.6 Å². The van der Waals surface area contributed by atoms with Crippen LogP contribution in [0.25, 0.3) is 0 Å². The van der Waals surface area contributed by atoms with Gasteiger partial charge in [0.05, 0.1) is 5.56 Å². The molecule has 4 nitrogen and oxygen atoms in total. The van der Waals surface area contributed by atoms with Gasteiger partial charge in [0.2, 0.25) is 0 Å². The Morgan fingerprint density at radius 1 is 1.35 bits per heavy atom. The molecule has 0 bridgehead atoms. The predicted octanol–water partition coefficient (Wildman–Crippen LogP) is 4.01. The van der Waals surface area contributed by atoms with Crippen LogP contribution in [0.1, 0.15) is 21.5 Å². The molecule has 0 aliphatic carbocycles. The molecule has 5 heteroatoms. The monoisotopic (exact) mass is 287 g/mol. The van der Waals surface area contributed by atoms with Crippen molar-refractivity contribution in [2.75, 3.05) is 0 Å². The second kappa shape index (κ2) is 5.64. The minimum Gasteiger partial charge on any atom is -0.478 e. The molecule has 0 saturated heterocycles. The summed E-state index contributed by atoms with van der Waals surface area (Å²) in [6, 6.07) is 11.4. The predicted molar refractivity (Wildman–Crippen MR) is 74.4 cm³/mol. The minimum absolute atomic E-state index is 0.0452. The van der Waals surface area contributed by atoms with Gasteiger partial charge >= 0.3 is 5.97 Å². The molecule has 100 valence electrons. The third kappa shape index (κ3) is 2.73. The summed E-state index contributed by atoms with van der Waals surface area (Å²) >= 11 is 5.81. The Kier molecular flexibility index (Phi) is 3.92. The van der Waals surface area contributed by atoms with E-state index in [0.29, 0.717) is 10.6 Å². The Morgan fingerprint density at radius 3 is 2.75 bits per heavy atom. The highest BCUT2D eigenvalue weighted by molar-refractivity contribution is 6.30. The Labute approximate surface area is 120 Å². The van der Waals surface area contributed by atoms with Crippen molar-refractivity contribution in [3.05, 3.63) is 58.1 Å². The maximum atomic E-state index is 11.2. The Hall–Kier alpha value is -2.51. The first kappa shape index (κ1) is 13.9. The Morgan fingerprint density at radius 2 is 2.10 bits per heavy atom. The summed E-state index contributed by atoms with van der Waals surface area (Å²) in [7, 11) is 0. The number of halogens is 1. The Balaban J connectivity index is 2.51. The van der Waals surface area contributed by atoms with Gasteiger partial charge in [0.25, 0.3) is 0 Å². The van der Waals surface area contributed by atoms with Gasteiger partial charge in [-0.3, -0.25) is 0 Å². The maximum absolute atomic E-state index is 11.2. The van der Waals surface area contributed by atoms with E-state index in [9.17, 15) is 9.90 Å². The topological polar surface area (TPSA) is 70.3 Å². The third-order valence-electron chi connectivity index (χ3n) is 2.72. The zero-order valence-corrected chi connectivity index (χ0v) is 11.3. The zero-order chi connectivity index (χ0) is 14.7. The van der Waals surface area contributed by atoms with Crippen LogP contribution in [0, 0.1) is 18.3 Å². The van der Waals surface area contributed by atoms with Crippen LogP contribution in [0.15, 0.2) is 36.4 Å². The summed E-state index contributed by atoms with van der Waals surface area (Å²) in [5.74, 6) is -0.594. The van der Waals surface area contributed by atoms with Crippen molar-refractivity contribution >= 4 is 17.6 Å². The Bertz CT molecular complexity index is 720. The number of nitriles is 1. The van der Waals surface area contributed by atoms with E-state index in [0.717, 1.165) is 0 Å². The van der Waals surface area contributed by atoms with Crippen molar-refractivity contribution in [1.29, 1.82) is 5.26 Å². The molecule has 0 aromatic heterocycles. The van der Waals surface area contributed by atoms with Crippen LogP contribution in [0.5, 0.6) is 11.5 Å². The highest BCUT2D eigenvalue weighted by Gasteiger charge is 2.15. The number of nitrogens with zero attached hydrogens (tertiary/aromatic N) is 1. The van der Waals surface area contributed by atoms with E-state index in [1.54, 1.807) is 31.2 Å². The second-order valence-corrected chi connectivity index (χ2v) is 4.55. The molecule has 2 aromatic rings. The number of carbonyl (C=O) groups is 1. The number of benzene rings is 2. The molecule has 0 heterocycles. The summed E-state index contributed by atoms with van der Waals surface area (Å²) < 4.78 is 5.62. The molecule has 2 rings (SSSR count). The van der Waals surface area contributed by atoms with E-state index in [-0.39, 0.29) is 22.6 Å². The molecule has 0 amide bonds. The number of carboxylic acids is 1. The SMILES string of the molecule is Cc1cccc(C(=O)O)c1Oc1ccc(Cl)cc1C#N. The summed E-state index contributed by atoms with van der Waals surface area (Å²) in [5, 5.41) is 18.7. The molecule has 20 heavy (non-hydrogen) atoms. The van der Waals surface area contributed by atoms with Crippen molar-refractivity contribution in [2.24, 2.45) is 0 Å². The molecule has 0 unspecified atom stereocenters. The van der Waals surface area contributed by atoms with E-state index in [1.165, 1.54) is 12.1 Å². The molecular formula is C15H10ClNO3. The van der Waals surface area contributed by atoms with Crippen molar-refractivity contribution in [2.45, 2.75) is 6.92 Å². The van der Waals surface area contributed by atoms with Gasteiger partial charge in [-0.1, -0.05) is 23.7 Å². The largest absolute Gasteiger partial charge is 0.478 e. The molecule has 0 saturated carbocycles. The lowest BCUT2D eigenvalue weighted by molar-refractivity contribution is 0.0694. The van der Waals surface area contributed by atoms with Gasteiger partial charge in [0.15, 0.2) is 0 Å². The van der Waals surface area contributed by atoms with Crippen molar-refractivity contribution in [3.63, 3.8) is 0 Å². The first-order valence-electron chi connectivity index (χ1n) is 5.73.